The lowest BCUT2D eigenvalue weighted by Crippen LogP contribution is -2.42. The maximum atomic E-state index is 4.08. The van der Waals surface area contributed by atoms with Crippen LogP contribution in [0.3, 0.4) is 0 Å². The molecule has 15 heavy (non-hydrogen) atoms. The summed E-state index contributed by atoms with van der Waals surface area (Å²) in [6, 6.07) is 0. The third-order valence-corrected chi connectivity index (χ3v) is 2.64. The van der Waals surface area contributed by atoms with Crippen LogP contribution in [0.1, 0.15) is 20.8 Å². The van der Waals surface area contributed by atoms with Gasteiger partial charge in [-0.15, -0.1) is 0 Å². The predicted molar refractivity (Wildman–Crippen MR) is 69.6 cm³/mol. The zero-order chi connectivity index (χ0) is 11.9. The Morgan fingerprint density at radius 2 is 1.93 bits per heavy atom. The molecule has 0 radical (unpaired) electrons. The summed E-state index contributed by atoms with van der Waals surface area (Å²) in [4.78, 5) is 4.08. The molecule has 0 spiro atoms. The second-order valence-electron chi connectivity index (χ2n) is 3.80. The van der Waals surface area contributed by atoms with Crippen molar-refractivity contribution < 1.29 is 0 Å². The molecule has 0 aromatic rings. The average molecular weight is 206 g/mol. The van der Waals surface area contributed by atoms with Gasteiger partial charge in [0.05, 0.1) is 5.54 Å². The highest BCUT2D eigenvalue weighted by atomic mass is 14.9. The van der Waals surface area contributed by atoms with Gasteiger partial charge in [-0.05, 0) is 33.4 Å². The van der Waals surface area contributed by atoms with Gasteiger partial charge in [0.25, 0.3) is 0 Å². The molecule has 0 bridgehead atoms. The summed E-state index contributed by atoms with van der Waals surface area (Å²) in [6.07, 6.45) is 7.90. The first-order chi connectivity index (χ1) is 7.00. The van der Waals surface area contributed by atoms with E-state index in [1.165, 1.54) is 5.57 Å². The number of hydrogen-bond acceptors (Lipinski definition) is 2. The minimum absolute atomic E-state index is 0.174. The lowest BCUT2D eigenvalue weighted by atomic mass is 9.94. The van der Waals surface area contributed by atoms with Gasteiger partial charge in [-0.2, -0.15) is 0 Å². The highest BCUT2D eigenvalue weighted by molar-refractivity contribution is 5.74. The molecule has 0 aromatic heterocycles. The van der Waals surface area contributed by atoms with Gasteiger partial charge in [0.15, 0.2) is 0 Å². The molecule has 0 saturated carbocycles. The largest absolute Gasteiger partial charge is 0.307 e. The van der Waals surface area contributed by atoms with E-state index >= 15 is 0 Å². The summed E-state index contributed by atoms with van der Waals surface area (Å²) in [5, 5.41) is 3.25. The Bertz CT molecular complexity index is 298. The molecule has 0 aliphatic rings. The van der Waals surface area contributed by atoms with Crippen LogP contribution in [0.2, 0.25) is 0 Å². The second kappa shape index (κ2) is 6.36. The SMILES string of the molecule is C=C/C(C)=C\C=C(/C)C(C)(C=NC)NC. The van der Waals surface area contributed by atoms with Gasteiger partial charge in [-0.25, -0.2) is 0 Å². The first-order valence-corrected chi connectivity index (χ1v) is 5.10. The fraction of sp³-hybridized carbons (Fsp3) is 0.462. The van der Waals surface area contributed by atoms with Gasteiger partial charge < -0.3 is 5.32 Å². The smallest absolute Gasteiger partial charge is 0.0718 e. The summed E-state index contributed by atoms with van der Waals surface area (Å²) in [5.41, 5.74) is 2.20. The number of likely N-dealkylation sites (N-methyl/N-ethyl adjacent to an activating group) is 1. The van der Waals surface area contributed by atoms with Crippen LogP contribution in [-0.2, 0) is 0 Å². The van der Waals surface area contributed by atoms with Crippen LogP contribution in [-0.4, -0.2) is 25.8 Å². The fourth-order valence-electron chi connectivity index (χ4n) is 1.12. The van der Waals surface area contributed by atoms with E-state index < -0.39 is 0 Å². The summed E-state index contributed by atoms with van der Waals surface area (Å²) >= 11 is 0. The molecule has 0 amide bonds. The van der Waals surface area contributed by atoms with E-state index in [9.17, 15) is 0 Å². The van der Waals surface area contributed by atoms with E-state index in [0.717, 1.165) is 5.57 Å². The van der Waals surface area contributed by atoms with Crippen LogP contribution >= 0.6 is 0 Å². The van der Waals surface area contributed by atoms with Crippen LogP contribution in [0.15, 0.2) is 40.9 Å². The number of nitrogens with one attached hydrogen (secondary N) is 1. The van der Waals surface area contributed by atoms with Crippen LogP contribution in [0, 0.1) is 0 Å². The van der Waals surface area contributed by atoms with Crippen molar-refractivity contribution in [2.75, 3.05) is 14.1 Å². The quantitative estimate of drug-likeness (QED) is 0.543. The zero-order valence-corrected chi connectivity index (χ0v) is 10.5. The second-order valence-corrected chi connectivity index (χ2v) is 3.80. The molecule has 0 saturated heterocycles. The molecule has 0 rings (SSSR count). The van der Waals surface area contributed by atoms with Crippen molar-refractivity contribution in [3.63, 3.8) is 0 Å². The van der Waals surface area contributed by atoms with E-state index in [0.29, 0.717) is 0 Å². The number of allylic oxidation sites excluding steroid dienone is 4. The Morgan fingerprint density at radius 1 is 1.33 bits per heavy atom. The number of aliphatic imine (C=N–C) groups is 1. The van der Waals surface area contributed by atoms with Crippen molar-refractivity contribution >= 4 is 6.21 Å². The van der Waals surface area contributed by atoms with Gasteiger partial charge >= 0.3 is 0 Å². The van der Waals surface area contributed by atoms with Gasteiger partial charge in [-0.1, -0.05) is 30.4 Å². The molecular formula is C13H22N2. The molecule has 1 unspecified atom stereocenters. The van der Waals surface area contributed by atoms with Crippen LogP contribution in [0.25, 0.3) is 0 Å². The highest BCUT2D eigenvalue weighted by Gasteiger charge is 2.20. The zero-order valence-electron chi connectivity index (χ0n) is 10.5. The molecular weight excluding hydrogens is 184 g/mol. The predicted octanol–water partition coefficient (Wildman–Crippen LogP) is 2.74. The Hall–Kier alpha value is -1.15. The monoisotopic (exact) mass is 206 g/mol. The summed E-state index contributed by atoms with van der Waals surface area (Å²) < 4.78 is 0. The minimum Gasteiger partial charge on any atom is -0.307 e. The highest BCUT2D eigenvalue weighted by Crippen LogP contribution is 2.13. The van der Waals surface area contributed by atoms with Crippen molar-refractivity contribution in [1.82, 2.24) is 5.32 Å². The lowest BCUT2D eigenvalue weighted by Gasteiger charge is -2.25. The van der Waals surface area contributed by atoms with Gasteiger partial charge in [0.1, 0.15) is 0 Å². The molecule has 0 aliphatic carbocycles. The lowest BCUT2D eigenvalue weighted by molar-refractivity contribution is 0.601. The summed E-state index contributed by atoms with van der Waals surface area (Å²) in [6.45, 7) is 9.94. The molecule has 1 N–H and O–H groups in total. The maximum absolute atomic E-state index is 4.08. The van der Waals surface area contributed by atoms with E-state index in [1.54, 1.807) is 7.05 Å². The molecule has 2 nitrogen and oxygen atoms in total. The van der Waals surface area contributed by atoms with Crippen molar-refractivity contribution in [3.05, 3.63) is 36.0 Å². The van der Waals surface area contributed by atoms with Gasteiger partial charge in [-0.3, -0.25) is 4.99 Å². The Kier molecular flexibility index (Phi) is 5.87. The minimum atomic E-state index is -0.174. The molecule has 2 heteroatoms. The number of nitrogens with zero attached hydrogens (tertiary/aromatic N) is 1. The van der Waals surface area contributed by atoms with Crippen LogP contribution < -0.4 is 5.32 Å². The van der Waals surface area contributed by atoms with Crippen molar-refractivity contribution in [1.29, 1.82) is 0 Å². The van der Waals surface area contributed by atoms with Crippen LogP contribution in [0.5, 0.6) is 0 Å². The first-order valence-electron chi connectivity index (χ1n) is 5.10. The Balaban J connectivity index is 4.95. The standard InChI is InChI=1S/C13H22N2/c1-7-11(2)8-9-12(3)13(4,15-6)10-14-5/h7-10,15H,1H2,2-6H3/b11-8-,12-9+,14-10?. The molecule has 0 heterocycles. The average Bonchev–Trinajstić information content (AvgIpc) is 2.25. The Morgan fingerprint density at radius 3 is 2.33 bits per heavy atom. The maximum Gasteiger partial charge on any atom is 0.0718 e. The van der Waals surface area contributed by atoms with E-state index in [4.69, 9.17) is 0 Å². The molecule has 0 aliphatic heterocycles. The van der Waals surface area contributed by atoms with Crippen LogP contribution in [0.4, 0.5) is 0 Å². The van der Waals surface area contributed by atoms with Gasteiger partial charge in [0.2, 0.25) is 0 Å². The Labute approximate surface area is 93.5 Å². The molecule has 0 aromatic carbocycles. The molecule has 0 fully saturated rings. The van der Waals surface area contributed by atoms with Crippen molar-refractivity contribution in [3.8, 4) is 0 Å². The molecule has 84 valence electrons. The topological polar surface area (TPSA) is 24.4 Å². The normalized spacial score (nSPS) is 17.9. The summed E-state index contributed by atoms with van der Waals surface area (Å²) in [5.74, 6) is 0. The molecule has 1 atom stereocenters. The fourth-order valence-corrected chi connectivity index (χ4v) is 1.12. The van der Waals surface area contributed by atoms with Crippen molar-refractivity contribution in [2.24, 2.45) is 4.99 Å². The van der Waals surface area contributed by atoms with E-state index in [-0.39, 0.29) is 5.54 Å². The first kappa shape index (κ1) is 13.8. The van der Waals surface area contributed by atoms with Gasteiger partial charge in [0, 0.05) is 13.3 Å². The third kappa shape index (κ3) is 4.26. The van der Waals surface area contributed by atoms with E-state index in [2.05, 4.69) is 42.9 Å². The summed E-state index contributed by atoms with van der Waals surface area (Å²) in [7, 11) is 3.72. The third-order valence-electron chi connectivity index (χ3n) is 2.64. The van der Waals surface area contributed by atoms with E-state index in [1.807, 2.05) is 26.3 Å². The number of rotatable bonds is 5. The van der Waals surface area contributed by atoms with Crippen molar-refractivity contribution in [2.45, 2.75) is 26.3 Å². The number of hydrogen-bond donors (Lipinski definition) is 1.